The monoisotopic (exact) mass is 468 g/mol. The van der Waals surface area contributed by atoms with Crippen molar-refractivity contribution in [3.63, 3.8) is 0 Å². The predicted octanol–water partition coefficient (Wildman–Crippen LogP) is 3.59. The Kier molecular flexibility index (Phi) is 5.74. The number of nitrogens with zero attached hydrogens (tertiary/aromatic N) is 2. The molecule has 2 aliphatic heterocycles. The molecule has 0 unspecified atom stereocenters. The van der Waals surface area contributed by atoms with Gasteiger partial charge in [-0.15, -0.1) is 0 Å². The lowest BCUT2D eigenvalue weighted by molar-refractivity contribution is -0.136. The van der Waals surface area contributed by atoms with Crippen molar-refractivity contribution in [1.29, 1.82) is 0 Å². The van der Waals surface area contributed by atoms with Crippen molar-refractivity contribution in [1.82, 2.24) is 9.47 Å². The summed E-state index contributed by atoms with van der Waals surface area (Å²) in [5, 5.41) is 1.14. The molecule has 3 aromatic rings. The molecule has 33 heavy (non-hydrogen) atoms. The molecule has 0 saturated carbocycles. The first-order chi connectivity index (χ1) is 15.9. The highest BCUT2D eigenvalue weighted by atomic mass is 35.5. The van der Waals surface area contributed by atoms with Gasteiger partial charge in [0.25, 0.3) is 11.5 Å². The van der Waals surface area contributed by atoms with Crippen molar-refractivity contribution in [3.8, 4) is 5.75 Å². The normalized spacial score (nSPS) is 19.4. The average molecular weight is 469 g/mol. The van der Waals surface area contributed by atoms with Crippen LogP contribution in [0.2, 0.25) is 5.02 Å². The van der Waals surface area contributed by atoms with Gasteiger partial charge in [-0.3, -0.25) is 9.59 Å². The first-order valence-corrected chi connectivity index (χ1v) is 11.7. The number of fused-ring (bicyclic) bond motifs is 5. The largest absolute Gasteiger partial charge is 0.482 e. The van der Waals surface area contributed by atoms with Crippen molar-refractivity contribution >= 4 is 28.5 Å². The number of piperidine rings is 1. The van der Waals surface area contributed by atoms with E-state index in [0.717, 1.165) is 35.9 Å². The zero-order valence-corrected chi connectivity index (χ0v) is 19.1. The van der Waals surface area contributed by atoms with Crippen molar-refractivity contribution in [2.24, 2.45) is 5.92 Å². The number of rotatable bonds is 5. The van der Waals surface area contributed by atoms with Crippen LogP contribution >= 0.6 is 11.6 Å². The minimum absolute atomic E-state index is 0.0185. The number of hydrogen-bond donors (Lipinski definition) is 0. The quantitative estimate of drug-likeness (QED) is 0.534. The molecule has 1 amide bonds. The van der Waals surface area contributed by atoms with Crippen LogP contribution in [0.3, 0.4) is 0 Å². The fourth-order valence-corrected chi connectivity index (χ4v) is 5.36. The zero-order chi connectivity index (χ0) is 23.1. The lowest BCUT2D eigenvalue weighted by Crippen LogP contribution is -2.50. The lowest BCUT2D eigenvalue weighted by atomic mass is 9.83. The molecule has 0 radical (unpaired) electrons. The lowest BCUT2D eigenvalue weighted by Gasteiger charge is -2.42. The minimum Gasteiger partial charge on any atom is -0.482 e. The molecule has 0 spiro atoms. The van der Waals surface area contributed by atoms with Gasteiger partial charge in [0, 0.05) is 54.8 Å². The third kappa shape index (κ3) is 4.17. The summed E-state index contributed by atoms with van der Waals surface area (Å²) in [7, 11) is 0. The van der Waals surface area contributed by atoms with E-state index in [9.17, 15) is 14.4 Å². The second-order valence-electron chi connectivity index (χ2n) is 8.91. The molecule has 1 saturated heterocycles. The molecule has 2 bridgehead atoms. The molecule has 172 valence electrons. The number of halogens is 1. The number of aryl methyl sites for hydroxylation is 1. The van der Waals surface area contributed by atoms with Gasteiger partial charge in [0.15, 0.2) is 6.61 Å². The molecule has 8 heteroatoms. The standard InChI is InChI=1S/C25H25ClN2O5/c1-2-4-16-8-25(31)33-21-10-22(19(26)9-18(16)21)32-14-24(30)27-11-15-7-17(13-27)20-5-3-6-23(29)28(20)12-15/h3,5-6,8-10,15,17H,2,4,7,11-14H2,1H3/t15-,17+/m1/s1. The number of carbonyl (C=O) groups is 1. The van der Waals surface area contributed by atoms with E-state index in [4.69, 9.17) is 20.8 Å². The highest BCUT2D eigenvalue weighted by molar-refractivity contribution is 6.32. The van der Waals surface area contributed by atoms with Crippen LogP contribution in [0.5, 0.6) is 5.75 Å². The molecule has 2 aliphatic rings. The molecular weight excluding hydrogens is 444 g/mol. The van der Waals surface area contributed by atoms with Crippen LogP contribution < -0.4 is 15.9 Å². The van der Waals surface area contributed by atoms with Gasteiger partial charge in [-0.2, -0.15) is 0 Å². The number of benzene rings is 1. The Bertz CT molecular complexity index is 1340. The van der Waals surface area contributed by atoms with E-state index in [1.54, 1.807) is 24.3 Å². The van der Waals surface area contributed by atoms with E-state index in [0.29, 0.717) is 36.0 Å². The summed E-state index contributed by atoms with van der Waals surface area (Å²) >= 11 is 6.43. The summed E-state index contributed by atoms with van der Waals surface area (Å²) in [6.45, 7) is 3.66. The molecule has 4 heterocycles. The van der Waals surface area contributed by atoms with Crippen LogP contribution in [0.1, 0.15) is 36.9 Å². The van der Waals surface area contributed by atoms with E-state index in [1.807, 2.05) is 22.5 Å². The number of amides is 1. The van der Waals surface area contributed by atoms with Gasteiger partial charge in [0.1, 0.15) is 11.3 Å². The van der Waals surface area contributed by atoms with Crippen molar-refractivity contribution in [2.75, 3.05) is 19.7 Å². The zero-order valence-electron chi connectivity index (χ0n) is 18.4. The summed E-state index contributed by atoms with van der Waals surface area (Å²) in [5.74, 6) is 0.568. The van der Waals surface area contributed by atoms with E-state index >= 15 is 0 Å². The maximum absolute atomic E-state index is 13.0. The highest BCUT2D eigenvalue weighted by Crippen LogP contribution is 2.35. The second-order valence-corrected chi connectivity index (χ2v) is 9.31. The SMILES string of the molecule is CCCc1cc(=O)oc2cc(OCC(=O)N3C[C@H]4C[C@@H](C3)c3cccc(=O)n3C4)c(Cl)cc12. The molecule has 1 aromatic carbocycles. The van der Waals surface area contributed by atoms with Crippen LogP contribution in [0.4, 0.5) is 0 Å². The molecule has 5 rings (SSSR count). The van der Waals surface area contributed by atoms with Gasteiger partial charge in [0.05, 0.1) is 5.02 Å². The molecule has 2 atom stereocenters. The maximum atomic E-state index is 13.0. The Morgan fingerprint density at radius 2 is 2.03 bits per heavy atom. The summed E-state index contributed by atoms with van der Waals surface area (Å²) in [4.78, 5) is 38.9. The Balaban J connectivity index is 1.32. The Hall–Kier alpha value is -3.06. The highest BCUT2D eigenvalue weighted by Gasteiger charge is 2.36. The number of ether oxygens (including phenoxy) is 1. The van der Waals surface area contributed by atoms with Gasteiger partial charge in [-0.05, 0) is 36.5 Å². The van der Waals surface area contributed by atoms with Gasteiger partial charge in [-0.1, -0.05) is 31.0 Å². The molecule has 1 fully saturated rings. The Morgan fingerprint density at radius 1 is 1.18 bits per heavy atom. The van der Waals surface area contributed by atoms with Crippen LogP contribution in [-0.2, 0) is 17.8 Å². The Morgan fingerprint density at radius 3 is 2.85 bits per heavy atom. The van der Waals surface area contributed by atoms with Crippen LogP contribution in [-0.4, -0.2) is 35.1 Å². The third-order valence-corrected chi connectivity index (χ3v) is 6.88. The second kappa shape index (κ2) is 8.71. The fraction of sp³-hybridized carbons (Fsp3) is 0.400. The number of likely N-dealkylation sites (tertiary alicyclic amines) is 1. The summed E-state index contributed by atoms with van der Waals surface area (Å²) in [6, 6.07) is 10.1. The van der Waals surface area contributed by atoms with E-state index in [1.165, 1.54) is 6.07 Å². The summed E-state index contributed by atoms with van der Waals surface area (Å²) in [6.07, 6.45) is 2.60. The van der Waals surface area contributed by atoms with Crippen molar-refractivity contribution < 1.29 is 13.9 Å². The average Bonchev–Trinajstić information content (AvgIpc) is 2.79. The first kappa shape index (κ1) is 21.8. The van der Waals surface area contributed by atoms with Gasteiger partial charge >= 0.3 is 5.63 Å². The maximum Gasteiger partial charge on any atom is 0.336 e. The van der Waals surface area contributed by atoms with Gasteiger partial charge in [-0.25, -0.2) is 4.79 Å². The van der Waals surface area contributed by atoms with Crippen LogP contribution in [0.25, 0.3) is 11.0 Å². The molecule has 2 aromatic heterocycles. The van der Waals surface area contributed by atoms with Crippen LogP contribution in [0.15, 0.2) is 50.4 Å². The summed E-state index contributed by atoms with van der Waals surface area (Å²) < 4.78 is 13.0. The topological polar surface area (TPSA) is 81.8 Å². The molecule has 0 aliphatic carbocycles. The fourth-order valence-electron chi connectivity index (χ4n) is 5.15. The number of carbonyl (C=O) groups excluding carboxylic acids is 1. The number of hydrogen-bond acceptors (Lipinski definition) is 5. The predicted molar refractivity (Wildman–Crippen MR) is 125 cm³/mol. The van der Waals surface area contributed by atoms with Crippen molar-refractivity contribution in [2.45, 2.75) is 38.6 Å². The van der Waals surface area contributed by atoms with E-state index < -0.39 is 5.63 Å². The van der Waals surface area contributed by atoms with Gasteiger partial charge in [0.2, 0.25) is 0 Å². The number of aromatic nitrogens is 1. The van der Waals surface area contributed by atoms with Gasteiger partial charge < -0.3 is 18.6 Å². The number of pyridine rings is 1. The Labute approximate surface area is 195 Å². The smallest absolute Gasteiger partial charge is 0.336 e. The molecular formula is C25H25ClN2O5. The first-order valence-electron chi connectivity index (χ1n) is 11.3. The third-order valence-electron chi connectivity index (χ3n) is 6.59. The molecule has 0 N–H and O–H groups in total. The minimum atomic E-state index is -0.422. The van der Waals surface area contributed by atoms with Crippen LogP contribution in [0, 0.1) is 5.92 Å². The van der Waals surface area contributed by atoms with Crippen molar-refractivity contribution in [3.05, 3.63) is 73.5 Å². The molecule has 7 nitrogen and oxygen atoms in total. The summed E-state index contributed by atoms with van der Waals surface area (Å²) in [5.41, 5.74) is 1.87. The van der Waals surface area contributed by atoms with E-state index in [-0.39, 0.29) is 29.9 Å². The van der Waals surface area contributed by atoms with E-state index in [2.05, 4.69) is 0 Å².